The molecule has 0 saturated carbocycles. The van der Waals surface area contributed by atoms with Crippen LogP contribution in [-0.2, 0) is 11.3 Å². The Morgan fingerprint density at radius 2 is 1.46 bits per heavy atom. The molecule has 3 N–H and O–H groups in total. The zero-order valence-corrected chi connectivity index (χ0v) is 14.1. The van der Waals surface area contributed by atoms with Gasteiger partial charge < -0.3 is 20.5 Å². The van der Waals surface area contributed by atoms with E-state index in [4.69, 9.17) is 0 Å². The molecule has 0 saturated heterocycles. The highest BCUT2D eigenvalue weighted by Crippen LogP contribution is 2.14. The van der Waals surface area contributed by atoms with Crippen molar-refractivity contribution in [3.63, 3.8) is 0 Å². The molecule has 1 aromatic heterocycles. The van der Waals surface area contributed by atoms with E-state index >= 15 is 0 Å². The normalized spacial score (nSPS) is 10.2. The van der Waals surface area contributed by atoms with Gasteiger partial charge in [-0.2, -0.15) is 0 Å². The minimum atomic E-state index is -0.326. The van der Waals surface area contributed by atoms with E-state index < -0.39 is 0 Å². The van der Waals surface area contributed by atoms with Crippen molar-refractivity contribution in [3.05, 3.63) is 73.3 Å². The standard InChI is InChI=1S/C19H19N5O2/c25-18(10-12-24-13-11-20-14-24)21-16-6-8-17(9-7-16)23-19(26)22-15-4-2-1-3-5-15/h1-9,11,13-14H,10,12H2,(H,21,25)(H2,22,23,26). The van der Waals surface area contributed by atoms with Crippen LogP contribution in [0.1, 0.15) is 6.42 Å². The third-order valence-electron chi connectivity index (χ3n) is 3.61. The van der Waals surface area contributed by atoms with Gasteiger partial charge in [0.1, 0.15) is 0 Å². The van der Waals surface area contributed by atoms with Gasteiger partial charge in [-0.3, -0.25) is 4.79 Å². The first-order chi connectivity index (χ1) is 12.7. The number of aryl methyl sites for hydroxylation is 1. The number of rotatable bonds is 6. The molecule has 7 heteroatoms. The van der Waals surface area contributed by atoms with E-state index in [1.165, 1.54) is 0 Å². The number of benzene rings is 2. The molecule has 0 aliphatic rings. The van der Waals surface area contributed by atoms with Crippen LogP contribution in [0, 0.1) is 0 Å². The van der Waals surface area contributed by atoms with Gasteiger partial charge >= 0.3 is 6.03 Å². The second-order valence-electron chi connectivity index (χ2n) is 5.62. The van der Waals surface area contributed by atoms with Gasteiger partial charge in [0.2, 0.25) is 5.91 Å². The van der Waals surface area contributed by atoms with Crippen LogP contribution in [-0.4, -0.2) is 21.5 Å². The number of hydrogen-bond acceptors (Lipinski definition) is 3. The van der Waals surface area contributed by atoms with Gasteiger partial charge in [-0.05, 0) is 36.4 Å². The molecule has 0 unspecified atom stereocenters. The Kier molecular flexibility index (Phi) is 5.61. The molecule has 0 spiro atoms. The lowest BCUT2D eigenvalue weighted by Gasteiger charge is -2.09. The Balaban J connectivity index is 1.46. The van der Waals surface area contributed by atoms with Crippen molar-refractivity contribution in [1.29, 1.82) is 0 Å². The van der Waals surface area contributed by atoms with Gasteiger partial charge in [0.25, 0.3) is 0 Å². The number of hydrogen-bond donors (Lipinski definition) is 3. The van der Waals surface area contributed by atoms with Gasteiger partial charge in [0.05, 0.1) is 6.33 Å². The minimum Gasteiger partial charge on any atom is -0.337 e. The Morgan fingerprint density at radius 3 is 2.08 bits per heavy atom. The third-order valence-corrected chi connectivity index (χ3v) is 3.61. The molecule has 0 aliphatic heterocycles. The fourth-order valence-corrected chi connectivity index (χ4v) is 2.32. The Morgan fingerprint density at radius 1 is 0.846 bits per heavy atom. The molecule has 132 valence electrons. The number of carbonyl (C=O) groups excluding carboxylic acids is 2. The predicted molar refractivity (Wildman–Crippen MR) is 101 cm³/mol. The van der Waals surface area contributed by atoms with Crippen molar-refractivity contribution < 1.29 is 9.59 Å². The van der Waals surface area contributed by atoms with E-state index in [0.29, 0.717) is 30.0 Å². The number of para-hydroxylation sites is 1. The first-order valence-electron chi connectivity index (χ1n) is 8.18. The number of nitrogens with one attached hydrogen (secondary N) is 3. The Labute approximate surface area is 151 Å². The summed E-state index contributed by atoms with van der Waals surface area (Å²) in [5.41, 5.74) is 2.02. The van der Waals surface area contributed by atoms with Gasteiger partial charge in [-0.25, -0.2) is 9.78 Å². The van der Waals surface area contributed by atoms with Crippen molar-refractivity contribution >= 4 is 29.0 Å². The van der Waals surface area contributed by atoms with Crippen LogP contribution < -0.4 is 16.0 Å². The van der Waals surface area contributed by atoms with Gasteiger partial charge in [-0.1, -0.05) is 18.2 Å². The van der Waals surface area contributed by atoms with E-state index in [2.05, 4.69) is 20.9 Å². The maximum absolute atomic E-state index is 11.9. The number of amides is 3. The molecule has 0 radical (unpaired) electrons. The summed E-state index contributed by atoms with van der Waals surface area (Å²) in [6.07, 6.45) is 5.52. The van der Waals surface area contributed by atoms with Crippen LogP contribution in [0.5, 0.6) is 0 Å². The molecule has 3 amide bonds. The van der Waals surface area contributed by atoms with E-state index in [0.717, 1.165) is 0 Å². The number of anilines is 3. The number of aromatic nitrogens is 2. The summed E-state index contributed by atoms with van der Waals surface area (Å²) in [5, 5.41) is 8.31. The largest absolute Gasteiger partial charge is 0.337 e. The van der Waals surface area contributed by atoms with Crippen molar-refractivity contribution in [3.8, 4) is 0 Å². The summed E-state index contributed by atoms with van der Waals surface area (Å²) in [7, 11) is 0. The maximum Gasteiger partial charge on any atom is 0.323 e. The van der Waals surface area contributed by atoms with Gasteiger partial charge in [-0.15, -0.1) is 0 Å². The predicted octanol–water partition coefficient (Wildman–Crippen LogP) is 3.56. The molecule has 7 nitrogen and oxygen atoms in total. The SMILES string of the molecule is O=C(CCn1ccnc1)Nc1ccc(NC(=O)Nc2ccccc2)cc1. The lowest BCUT2D eigenvalue weighted by molar-refractivity contribution is -0.116. The number of nitrogens with zero attached hydrogens (tertiary/aromatic N) is 2. The van der Waals surface area contributed by atoms with Crippen LogP contribution in [0.4, 0.5) is 21.9 Å². The minimum absolute atomic E-state index is 0.0822. The highest BCUT2D eigenvalue weighted by molar-refractivity contribution is 6.00. The topological polar surface area (TPSA) is 88.1 Å². The van der Waals surface area contributed by atoms with Gasteiger partial charge in [0.15, 0.2) is 0 Å². The third kappa shape index (κ3) is 5.20. The zero-order chi connectivity index (χ0) is 18.2. The molecular formula is C19H19N5O2. The van der Waals surface area contributed by atoms with Crippen LogP contribution in [0.25, 0.3) is 0 Å². The van der Waals surface area contributed by atoms with Crippen molar-refractivity contribution in [2.24, 2.45) is 0 Å². The molecule has 26 heavy (non-hydrogen) atoms. The van der Waals surface area contributed by atoms with Crippen LogP contribution in [0.3, 0.4) is 0 Å². The summed E-state index contributed by atoms with van der Waals surface area (Å²) in [6, 6.07) is 15.8. The molecule has 2 aromatic carbocycles. The van der Waals surface area contributed by atoms with Crippen LogP contribution in [0.15, 0.2) is 73.3 Å². The second-order valence-corrected chi connectivity index (χ2v) is 5.62. The molecule has 3 rings (SSSR count). The average molecular weight is 349 g/mol. The van der Waals surface area contributed by atoms with E-state index in [9.17, 15) is 9.59 Å². The molecule has 1 heterocycles. The number of imidazole rings is 1. The first-order valence-corrected chi connectivity index (χ1v) is 8.18. The van der Waals surface area contributed by atoms with Crippen LogP contribution in [0.2, 0.25) is 0 Å². The highest BCUT2D eigenvalue weighted by Gasteiger charge is 2.05. The van der Waals surface area contributed by atoms with Gasteiger partial charge in [0, 0.05) is 42.4 Å². The molecule has 0 aliphatic carbocycles. The summed E-state index contributed by atoms with van der Waals surface area (Å²) >= 11 is 0. The van der Waals surface area contributed by atoms with E-state index in [1.54, 1.807) is 36.8 Å². The fraction of sp³-hybridized carbons (Fsp3) is 0.105. The fourth-order valence-electron chi connectivity index (χ4n) is 2.32. The van der Waals surface area contributed by atoms with Crippen molar-refractivity contribution in [2.45, 2.75) is 13.0 Å². The Hall–Kier alpha value is -3.61. The summed E-state index contributed by atoms with van der Waals surface area (Å²) < 4.78 is 1.85. The summed E-state index contributed by atoms with van der Waals surface area (Å²) in [5.74, 6) is -0.0822. The monoisotopic (exact) mass is 349 g/mol. The first kappa shape index (κ1) is 17.2. The molecule has 3 aromatic rings. The number of carbonyl (C=O) groups is 2. The van der Waals surface area contributed by atoms with E-state index in [-0.39, 0.29) is 11.9 Å². The lowest BCUT2D eigenvalue weighted by Crippen LogP contribution is -2.19. The van der Waals surface area contributed by atoms with E-state index in [1.807, 2.05) is 41.1 Å². The van der Waals surface area contributed by atoms with Crippen molar-refractivity contribution in [2.75, 3.05) is 16.0 Å². The van der Waals surface area contributed by atoms with Crippen LogP contribution >= 0.6 is 0 Å². The molecule has 0 fully saturated rings. The summed E-state index contributed by atoms with van der Waals surface area (Å²) in [6.45, 7) is 0.575. The molecule has 0 bridgehead atoms. The maximum atomic E-state index is 11.9. The summed E-state index contributed by atoms with van der Waals surface area (Å²) in [4.78, 5) is 27.8. The van der Waals surface area contributed by atoms with Crippen molar-refractivity contribution in [1.82, 2.24) is 9.55 Å². The Bertz CT molecular complexity index is 845. The highest BCUT2D eigenvalue weighted by atomic mass is 16.2. The quantitative estimate of drug-likeness (QED) is 0.636. The average Bonchev–Trinajstić information content (AvgIpc) is 3.16. The molecular weight excluding hydrogens is 330 g/mol. The smallest absolute Gasteiger partial charge is 0.323 e. The lowest BCUT2D eigenvalue weighted by atomic mass is 10.2. The number of urea groups is 1. The second kappa shape index (κ2) is 8.48. The zero-order valence-electron chi connectivity index (χ0n) is 14.1. The molecule has 0 atom stereocenters.